The SMILES string of the molecule is CC(=NCCCN=C(C)c1ccccc1NS(=O)(=O)c1ccc(C)cc1)c1ccccc1NS(=O)(=O)c1ccc(C)cc1. The molecule has 0 aliphatic heterocycles. The maximum Gasteiger partial charge on any atom is 0.261 e. The largest absolute Gasteiger partial charge is 0.289 e. The Morgan fingerprint density at radius 1 is 0.558 bits per heavy atom. The molecule has 0 aliphatic carbocycles. The number of nitrogens with one attached hydrogen (secondary N) is 2. The Morgan fingerprint density at radius 3 is 1.28 bits per heavy atom. The van der Waals surface area contributed by atoms with Gasteiger partial charge in [-0.1, -0.05) is 71.8 Å². The third kappa shape index (κ3) is 8.39. The van der Waals surface area contributed by atoms with Gasteiger partial charge in [0.2, 0.25) is 0 Å². The number of hydrogen-bond donors (Lipinski definition) is 2. The van der Waals surface area contributed by atoms with Gasteiger partial charge in [0.15, 0.2) is 0 Å². The van der Waals surface area contributed by atoms with Crippen LogP contribution in [-0.4, -0.2) is 41.3 Å². The molecule has 0 unspecified atom stereocenters. The Labute approximate surface area is 254 Å². The summed E-state index contributed by atoms with van der Waals surface area (Å²) in [6, 6.07) is 27.7. The van der Waals surface area contributed by atoms with E-state index in [9.17, 15) is 16.8 Å². The van der Waals surface area contributed by atoms with Gasteiger partial charge in [-0.15, -0.1) is 0 Å². The monoisotopic (exact) mass is 616 g/mol. The van der Waals surface area contributed by atoms with E-state index in [4.69, 9.17) is 0 Å². The summed E-state index contributed by atoms with van der Waals surface area (Å²) in [6.45, 7) is 8.49. The molecule has 0 saturated heterocycles. The summed E-state index contributed by atoms with van der Waals surface area (Å²) in [5.74, 6) is 0. The molecule has 0 spiro atoms. The molecule has 0 fully saturated rings. The van der Waals surface area contributed by atoms with Crippen LogP contribution < -0.4 is 9.44 Å². The van der Waals surface area contributed by atoms with Gasteiger partial charge >= 0.3 is 0 Å². The fourth-order valence-electron chi connectivity index (χ4n) is 4.35. The predicted octanol–water partition coefficient (Wildman–Crippen LogP) is 6.61. The second-order valence-electron chi connectivity index (χ2n) is 10.2. The van der Waals surface area contributed by atoms with Crippen LogP contribution in [0.5, 0.6) is 0 Å². The summed E-state index contributed by atoms with van der Waals surface area (Å²) in [4.78, 5) is 9.72. The molecule has 0 aliphatic rings. The van der Waals surface area contributed by atoms with E-state index >= 15 is 0 Å². The summed E-state index contributed by atoms with van der Waals surface area (Å²) in [7, 11) is -7.50. The molecule has 0 atom stereocenters. The number of nitrogens with zero attached hydrogens (tertiary/aromatic N) is 2. The lowest BCUT2D eigenvalue weighted by atomic mass is 10.1. The fraction of sp³-hybridized carbons (Fsp3) is 0.212. The van der Waals surface area contributed by atoms with Crippen LogP contribution in [0.4, 0.5) is 11.4 Å². The van der Waals surface area contributed by atoms with Crippen LogP contribution in [0.2, 0.25) is 0 Å². The van der Waals surface area contributed by atoms with Gasteiger partial charge in [0.25, 0.3) is 20.0 Å². The Balaban J connectivity index is 1.40. The van der Waals surface area contributed by atoms with Gasteiger partial charge in [-0.2, -0.15) is 0 Å². The van der Waals surface area contributed by atoms with E-state index in [2.05, 4.69) is 19.4 Å². The van der Waals surface area contributed by atoms with Gasteiger partial charge < -0.3 is 0 Å². The molecule has 224 valence electrons. The topological polar surface area (TPSA) is 117 Å². The molecular formula is C33H36N4O4S2. The highest BCUT2D eigenvalue weighted by Gasteiger charge is 2.18. The quantitative estimate of drug-likeness (QED) is 0.138. The highest BCUT2D eigenvalue weighted by atomic mass is 32.2. The normalized spacial score (nSPS) is 12.7. The standard InChI is InChI=1S/C33H36N4O4S2/c1-24-14-18-28(19-15-24)42(38,39)36-32-12-7-5-10-30(32)26(3)34-22-9-23-35-27(4)31-11-6-8-13-33(31)37-43(40,41)29-20-16-25(2)17-21-29/h5-8,10-21,36-37H,9,22-23H2,1-4H3. The molecule has 0 aromatic heterocycles. The smallest absolute Gasteiger partial charge is 0.261 e. The van der Waals surface area contributed by atoms with Gasteiger partial charge in [-0.3, -0.25) is 19.4 Å². The molecule has 4 rings (SSSR count). The second kappa shape index (κ2) is 13.8. The number of aryl methyl sites for hydroxylation is 2. The third-order valence-corrected chi connectivity index (χ3v) is 9.56. The first-order valence-electron chi connectivity index (χ1n) is 13.9. The van der Waals surface area contributed by atoms with Crippen molar-refractivity contribution in [3.8, 4) is 0 Å². The molecule has 8 nitrogen and oxygen atoms in total. The molecule has 43 heavy (non-hydrogen) atoms. The Morgan fingerprint density at radius 2 is 0.907 bits per heavy atom. The minimum Gasteiger partial charge on any atom is -0.289 e. The zero-order valence-corrected chi connectivity index (χ0v) is 26.3. The second-order valence-corrected chi connectivity index (χ2v) is 13.6. The highest BCUT2D eigenvalue weighted by Crippen LogP contribution is 2.23. The summed E-state index contributed by atoms with van der Waals surface area (Å²) >= 11 is 0. The van der Waals surface area contributed by atoms with Gasteiger partial charge in [0.05, 0.1) is 21.2 Å². The van der Waals surface area contributed by atoms with Crippen molar-refractivity contribution in [3.05, 3.63) is 119 Å². The Bertz CT molecular complexity index is 1710. The number of aliphatic imine (C=N–C) groups is 2. The number of para-hydroxylation sites is 2. The minimum atomic E-state index is -3.75. The van der Waals surface area contributed by atoms with E-state index < -0.39 is 20.0 Å². The van der Waals surface area contributed by atoms with E-state index in [0.29, 0.717) is 53.4 Å². The van der Waals surface area contributed by atoms with Crippen LogP contribution >= 0.6 is 0 Å². The highest BCUT2D eigenvalue weighted by molar-refractivity contribution is 7.93. The van der Waals surface area contributed by atoms with Crippen molar-refractivity contribution < 1.29 is 16.8 Å². The van der Waals surface area contributed by atoms with Crippen molar-refractivity contribution in [3.63, 3.8) is 0 Å². The number of rotatable bonds is 12. The van der Waals surface area contributed by atoms with Crippen LogP contribution in [0.1, 0.15) is 42.5 Å². The molecule has 4 aromatic carbocycles. The first kappa shape index (κ1) is 31.7. The lowest BCUT2D eigenvalue weighted by Gasteiger charge is -2.13. The van der Waals surface area contributed by atoms with Gasteiger partial charge in [-0.05, 0) is 70.5 Å². The minimum absolute atomic E-state index is 0.195. The van der Waals surface area contributed by atoms with Crippen molar-refractivity contribution in [1.29, 1.82) is 0 Å². The van der Waals surface area contributed by atoms with Crippen molar-refractivity contribution in [2.45, 2.75) is 43.9 Å². The Hall–Kier alpha value is -4.28. The molecule has 0 saturated carbocycles. The van der Waals surface area contributed by atoms with Crippen LogP contribution in [0.3, 0.4) is 0 Å². The summed E-state index contributed by atoms with van der Waals surface area (Å²) in [5, 5.41) is 0. The van der Waals surface area contributed by atoms with E-state index in [1.54, 1.807) is 72.8 Å². The van der Waals surface area contributed by atoms with Crippen LogP contribution in [0.15, 0.2) is 117 Å². The molecule has 0 amide bonds. The number of anilines is 2. The van der Waals surface area contributed by atoms with Crippen molar-refractivity contribution in [2.24, 2.45) is 9.98 Å². The fourth-order valence-corrected chi connectivity index (χ4v) is 6.51. The van der Waals surface area contributed by atoms with E-state index in [1.165, 1.54) is 0 Å². The van der Waals surface area contributed by atoms with Gasteiger partial charge in [0, 0.05) is 35.6 Å². The first-order valence-corrected chi connectivity index (χ1v) is 16.8. The molecule has 10 heteroatoms. The lowest BCUT2D eigenvalue weighted by molar-refractivity contribution is 0.599. The number of hydrogen-bond acceptors (Lipinski definition) is 6. The summed E-state index contributed by atoms with van der Waals surface area (Å²) < 4.78 is 57.2. The average molecular weight is 617 g/mol. The molecular weight excluding hydrogens is 581 g/mol. The van der Waals surface area contributed by atoms with Crippen molar-refractivity contribution >= 4 is 42.8 Å². The van der Waals surface area contributed by atoms with Crippen LogP contribution in [-0.2, 0) is 20.0 Å². The van der Waals surface area contributed by atoms with Gasteiger partial charge in [0.1, 0.15) is 0 Å². The van der Waals surface area contributed by atoms with E-state index in [0.717, 1.165) is 11.1 Å². The molecule has 0 radical (unpaired) electrons. The maximum atomic E-state index is 12.9. The van der Waals surface area contributed by atoms with Gasteiger partial charge in [-0.25, -0.2) is 16.8 Å². The molecule has 0 heterocycles. The number of sulfonamides is 2. The van der Waals surface area contributed by atoms with Crippen molar-refractivity contribution in [1.82, 2.24) is 0 Å². The molecule has 0 bridgehead atoms. The predicted molar refractivity (Wildman–Crippen MR) is 176 cm³/mol. The first-order chi connectivity index (χ1) is 20.5. The number of benzene rings is 4. The zero-order valence-electron chi connectivity index (χ0n) is 24.7. The lowest BCUT2D eigenvalue weighted by Crippen LogP contribution is -2.15. The average Bonchev–Trinajstić information content (AvgIpc) is 2.97. The van der Waals surface area contributed by atoms with Crippen LogP contribution in [0.25, 0.3) is 0 Å². The Kier molecular flexibility index (Phi) is 10.2. The zero-order chi connectivity index (χ0) is 31.0. The van der Waals surface area contributed by atoms with E-state index in [-0.39, 0.29) is 9.79 Å². The van der Waals surface area contributed by atoms with Crippen LogP contribution in [0, 0.1) is 13.8 Å². The van der Waals surface area contributed by atoms with Crippen molar-refractivity contribution in [2.75, 3.05) is 22.5 Å². The molecule has 2 N–H and O–H groups in total. The maximum absolute atomic E-state index is 12.9. The third-order valence-electron chi connectivity index (χ3n) is 6.80. The summed E-state index contributed by atoms with van der Waals surface area (Å²) in [5.41, 5.74) is 5.70. The summed E-state index contributed by atoms with van der Waals surface area (Å²) in [6.07, 6.45) is 0.656. The van der Waals surface area contributed by atoms with E-state index in [1.807, 2.05) is 52.0 Å². The molecule has 4 aromatic rings.